The van der Waals surface area contributed by atoms with Crippen molar-refractivity contribution in [3.05, 3.63) is 53.9 Å². The second-order valence-electron chi connectivity index (χ2n) is 4.25. The number of halogens is 3. The number of thioether (sulfide) groups is 1. The fraction of sp³-hybridized carbons (Fsp3) is 0.214. The van der Waals surface area contributed by atoms with E-state index in [0.717, 1.165) is 16.9 Å². The highest BCUT2D eigenvalue weighted by molar-refractivity contribution is 8.00. The Balaban J connectivity index is 1.92. The van der Waals surface area contributed by atoms with Crippen LogP contribution in [-0.2, 0) is 6.54 Å². The van der Waals surface area contributed by atoms with Gasteiger partial charge in [-0.25, -0.2) is 0 Å². The molecule has 1 N–H and O–H groups in total. The number of hydrogen-bond donors (Lipinski definition) is 1. The Bertz CT molecular complexity index is 550. The van der Waals surface area contributed by atoms with Gasteiger partial charge in [-0.3, -0.25) is 4.98 Å². The molecule has 1 aromatic carbocycles. The highest BCUT2D eigenvalue weighted by atomic mass is 32.2. The third-order valence-corrected chi connectivity index (χ3v) is 3.27. The summed E-state index contributed by atoms with van der Waals surface area (Å²) in [6.45, 7) is 2.49. The first-order valence-electron chi connectivity index (χ1n) is 5.93. The molecule has 0 aliphatic heterocycles. The van der Waals surface area contributed by atoms with Gasteiger partial charge in [0.25, 0.3) is 0 Å². The van der Waals surface area contributed by atoms with Gasteiger partial charge in [0.1, 0.15) is 0 Å². The molecule has 2 aromatic rings. The lowest BCUT2D eigenvalue weighted by Gasteiger charge is -2.08. The van der Waals surface area contributed by atoms with Gasteiger partial charge in [-0.15, -0.1) is 0 Å². The Kier molecular flexibility index (Phi) is 4.54. The zero-order valence-electron chi connectivity index (χ0n) is 10.7. The number of anilines is 1. The van der Waals surface area contributed by atoms with E-state index < -0.39 is 5.51 Å². The van der Waals surface area contributed by atoms with Gasteiger partial charge in [0, 0.05) is 16.8 Å². The molecule has 0 saturated carbocycles. The summed E-state index contributed by atoms with van der Waals surface area (Å²) < 4.78 is 36.5. The Hall–Kier alpha value is -1.69. The van der Waals surface area contributed by atoms with Crippen molar-refractivity contribution >= 4 is 17.4 Å². The van der Waals surface area contributed by atoms with E-state index in [1.165, 1.54) is 12.1 Å². The molecule has 0 saturated heterocycles. The van der Waals surface area contributed by atoms with Crippen molar-refractivity contribution in [1.29, 1.82) is 0 Å². The number of hydrogen-bond acceptors (Lipinski definition) is 3. The molecule has 106 valence electrons. The molecule has 0 spiro atoms. The van der Waals surface area contributed by atoms with Crippen LogP contribution in [0.15, 0.2) is 47.5 Å². The van der Waals surface area contributed by atoms with Gasteiger partial charge < -0.3 is 5.32 Å². The summed E-state index contributed by atoms with van der Waals surface area (Å²) in [5, 5.41) is 3.12. The van der Waals surface area contributed by atoms with E-state index in [-0.39, 0.29) is 16.7 Å². The number of aromatic nitrogens is 1. The maximum absolute atomic E-state index is 12.2. The van der Waals surface area contributed by atoms with Crippen LogP contribution in [0.3, 0.4) is 0 Å². The van der Waals surface area contributed by atoms with Gasteiger partial charge in [-0.1, -0.05) is 6.07 Å². The van der Waals surface area contributed by atoms with Gasteiger partial charge in [0.05, 0.1) is 12.2 Å². The zero-order valence-corrected chi connectivity index (χ0v) is 11.6. The van der Waals surface area contributed by atoms with Crippen molar-refractivity contribution in [1.82, 2.24) is 4.98 Å². The summed E-state index contributed by atoms with van der Waals surface area (Å²) in [5.41, 5.74) is -1.52. The molecule has 6 heteroatoms. The molecule has 0 bridgehead atoms. The zero-order chi connectivity index (χ0) is 14.6. The molecule has 0 unspecified atom stereocenters. The van der Waals surface area contributed by atoms with E-state index in [4.69, 9.17) is 0 Å². The number of rotatable bonds is 4. The number of alkyl halides is 3. The molecule has 20 heavy (non-hydrogen) atoms. The normalized spacial score (nSPS) is 11.4. The first-order valence-corrected chi connectivity index (χ1v) is 6.75. The van der Waals surface area contributed by atoms with Gasteiger partial charge in [0.2, 0.25) is 0 Å². The maximum Gasteiger partial charge on any atom is 0.446 e. The van der Waals surface area contributed by atoms with Crippen molar-refractivity contribution in [2.24, 2.45) is 0 Å². The summed E-state index contributed by atoms with van der Waals surface area (Å²) in [5.74, 6) is 0. The van der Waals surface area contributed by atoms with Crippen LogP contribution in [0.1, 0.15) is 11.3 Å². The average molecular weight is 298 g/mol. The highest BCUT2D eigenvalue weighted by Gasteiger charge is 2.28. The van der Waals surface area contributed by atoms with Crippen molar-refractivity contribution in [2.45, 2.75) is 23.9 Å². The molecule has 1 heterocycles. The second kappa shape index (κ2) is 6.17. The van der Waals surface area contributed by atoms with Crippen LogP contribution in [0.25, 0.3) is 0 Å². The minimum atomic E-state index is -4.25. The van der Waals surface area contributed by atoms with E-state index >= 15 is 0 Å². The fourth-order valence-electron chi connectivity index (χ4n) is 1.57. The Morgan fingerprint density at radius 2 is 1.80 bits per heavy atom. The SMILES string of the molecule is Cc1ccc(CNc2ccc(SC(F)(F)F)cc2)nc1. The number of aryl methyl sites for hydroxylation is 1. The van der Waals surface area contributed by atoms with E-state index in [1.54, 1.807) is 18.3 Å². The van der Waals surface area contributed by atoms with Crippen LogP contribution in [0.5, 0.6) is 0 Å². The van der Waals surface area contributed by atoms with Gasteiger partial charge in [-0.05, 0) is 54.6 Å². The van der Waals surface area contributed by atoms with E-state index in [0.29, 0.717) is 6.54 Å². The number of nitrogens with one attached hydrogen (secondary N) is 1. The van der Waals surface area contributed by atoms with Crippen molar-refractivity contribution < 1.29 is 13.2 Å². The lowest BCUT2D eigenvalue weighted by Crippen LogP contribution is -2.02. The lowest BCUT2D eigenvalue weighted by molar-refractivity contribution is -0.0328. The summed E-state index contributed by atoms with van der Waals surface area (Å²) in [4.78, 5) is 4.42. The number of benzene rings is 1. The molecule has 1 aromatic heterocycles. The summed E-state index contributed by atoms with van der Waals surface area (Å²) in [6, 6.07) is 10.0. The van der Waals surface area contributed by atoms with E-state index in [2.05, 4.69) is 10.3 Å². The Labute approximate surface area is 119 Å². The second-order valence-corrected chi connectivity index (χ2v) is 5.39. The number of pyridine rings is 1. The topological polar surface area (TPSA) is 24.9 Å². The summed E-state index contributed by atoms with van der Waals surface area (Å²) >= 11 is -0.115. The van der Waals surface area contributed by atoms with Crippen LogP contribution in [0.4, 0.5) is 18.9 Å². The first kappa shape index (κ1) is 14.7. The first-order chi connectivity index (χ1) is 9.42. The molecule has 0 aliphatic carbocycles. The molecular formula is C14H13F3N2S. The number of nitrogens with zero attached hydrogens (tertiary/aromatic N) is 1. The molecule has 2 nitrogen and oxygen atoms in total. The molecule has 0 radical (unpaired) electrons. The standard InChI is InChI=1S/C14H13F3N2S/c1-10-2-3-12(18-8-10)9-19-11-4-6-13(7-5-11)20-14(15,16)17/h2-8,19H,9H2,1H3. The third kappa shape index (κ3) is 4.77. The molecule has 0 fully saturated rings. The molecule has 2 rings (SSSR count). The fourth-order valence-corrected chi connectivity index (χ4v) is 2.11. The van der Waals surface area contributed by atoms with Crippen molar-refractivity contribution in [2.75, 3.05) is 5.32 Å². The molecule has 0 atom stereocenters. The van der Waals surface area contributed by atoms with Crippen LogP contribution < -0.4 is 5.32 Å². The third-order valence-electron chi connectivity index (χ3n) is 2.53. The minimum Gasteiger partial charge on any atom is -0.379 e. The summed E-state index contributed by atoms with van der Waals surface area (Å²) in [7, 11) is 0. The molecular weight excluding hydrogens is 285 g/mol. The van der Waals surface area contributed by atoms with Crippen LogP contribution in [0, 0.1) is 6.92 Å². The van der Waals surface area contributed by atoms with Crippen molar-refractivity contribution in [3.63, 3.8) is 0 Å². The predicted octanol–water partition coefficient (Wildman–Crippen LogP) is 4.61. The predicted molar refractivity (Wildman–Crippen MR) is 74.7 cm³/mol. The lowest BCUT2D eigenvalue weighted by atomic mass is 10.2. The Morgan fingerprint density at radius 3 is 2.35 bits per heavy atom. The average Bonchev–Trinajstić information content (AvgIpc) is 2.38. The Morgan fingerprint density at radius 1 is 1.10 bits per heavy atom. The quantitative estimate of drug-likeness (QED) is 0.834. The van der Waals surface area contributed by atoms with Crippen LogP contribution in [0.2, 0.25) is 0 Å². The smallest absolute Gasteiger partial charge is 0.379 e. The van der Waals surface area contributed by atoms with E-state index in [9.17, 15) is 13.2 Å². The van der Waals surface area contributed by atoms with Gasteiger partial charge >= 0.3 is 5.51 Å². The van der Waals surface area contributed by atoms with Crippen LogP contribution in [-0.4, -0.2) is 10.5 Å². The molecule has 0 amide bonds. The van der Waals surface area contributed by atoms with E-state index in [1.807, 2.05) is 19.1 Å². The van der Waals surface area contributed by atoms with Crippen molar-refractivity contribution in [3.8, 4) is 0 Å². The highest BCUT2D eigenvalue weighted by Crippen LogP contribution is 2.37. The van der Waals surface area contributed by atoms with Gasteiger partial charge in [0.15, 0.2) is 0 Å². The van der Waals surface area contributed by atoms with Gasteiger partial charge in [-0.2, -0.15) is 13.2 Å². The maximum atomic E-state index is 12.2. The molecule has 0 aliphatic rings. The monoisotopic (exact) mass is 298 g/mol. The minimum absolute atomic E-state index is 0.115. The van der Waals surface area contributed by atoms with Crippen LogP contribution >= 0.6 is 11.8 Å². The largest absolute Gasteiger partial charge is 0.446 e. The summed E-state index contributed by atoms with van der Waals surface area (Å²) in [6.07, 6.45) is 1.78.